The van der Waals surface area contributed by atoms with Gasteiger partial charge < -0.3 is 4.90 Å². The van der Waals surface area contributed by atoms with Crippen LogP contribution in [0.25, 0.3) is 0 Å². The van der Waals surface area contributed by atoms with Crippen LogP contribution in [-0.2, 0) is 10.0 Å². The highest BCUT2D eigenvalue weighted by atomic mass is 35.5. The summed E-state index contributed by atoms with van der Waals surface area (Å²) in [5.41, 5.74) is 1.12. The third-order valence-electron chi connectivity index (χ3n) is 4.26. The van der Waals surface area contributed by atoms with E-state index in [-0.39, 0.29) is 5.92 Å². The first-order valence-corrected chi connectivity index (χ1v) is 8.78. The van der Waals surface area contributed by atoms with Crippen LogP contribution in [-0.4, -0.2) is 49.1 Å². The molecule has 2 aliphatic rings. The van der Waals surface area contributed by atoms with Crippen LogP contribution < -0.4 is 0 Å². The van der Waals surface area contributed by atoms with Crippen molar-refractivity contribution in [2.75, 3.05) is 26.2 Å². The van der Waals surface area contributed by atoms with Gasteiger partial charge in [0.1, 0.15) is 0 Å². The highest BCUT2D eigenvalue weighted by molar-refractivity contribution is 7.89. The monoisotopic (exact) mass is 325 g/mol. The number of sulfonamides is 1. The lowest BCUT2D eigenvalue weighted by atomic mass is 9.94. The van der Waals surface area contributed by atoms with E-state index in [0.717, 1.165) is 5.56 Å². The average Bonchev–Trinajstić information content (AvgIpc) is 2.88. The fraction of sp³-hybridized carbons (Fsp3) is 0.500. The Balaban J connectivity index is 1.63. The maximum atomic E-state index is 12.5. The molecule has 0 unspecified atom stereocenters. The normalized spacial score (nSPS) is 23.8. The van der Waals surface area contributed by atoms with Crippen LogP contribution in [0.3, 0.4) is 0 Å². The molecule has 0 radical (unpaired) electrons. The maximum absolute atomic E-state index is 12.5. The molecule has 0 spiro atoms. The van der Waals surface area contributed by atoms with Crippen molar-refractivity contribution < 1.29 is 8.42 Å². The lowest BCUT2D eigenvalue weighted by Gasteiger charge is -2.39. The van der Waals surface area contributed by atoms with Crippen LogP contribution in [0.1, 0.15) is 17.9 Å². The van der Waals surface area contributed by atoms with E-state index in [1.54, 1.807) is 0 Å². The molecule has 2 saturated heterocycles. The van der Waals surface area contributed by atoms with Gasteiger partial charge in [0.05, 0.1) is 5.25 Å². The summed E-state index contributed by atoms with van der Waals surface area (Å²) in [6.45, 7) is 1.90. The zero-order chi connectivity index (χ0) is 15.0. The Morgan fingerprint density at radius 2 is 1.86 bits per heavy atom. The molecule has 1 aromatic rings. The Hall–Kier alpha value is -1.29. The van der Waals surface area contributed by atoms with E-state index in [9.17, 15) is 8.42 Å². The number of halogens is 1. The molecule has 21 heavy (non-hydrogen) atoms. The number of nitriles is 1. The highest BCUT2D eigenvalue weighted by Crippen LogP contribution is 2.32. The molecule has 2 fully saturated rings. The number of hydrogen-bond donors (Lipinski definition) is 0. The van der Waals surface area contributed by atoms with Crippen molar-refractivity contribution in [1.29, 1.82) is 5.26 Å². The molecule has 0 saturated carbocycles. The number of likely N-dealkylation sites (tertiary alicyclic amines) is 1. The van der Waals surface area contributed by atoms with E-state index in [1.165, 1.54) is 9.21 Å². The van der Waals surface area contributed by atoms with Gasteiger partial charge in [0.25, 0.3) is 0 Å². The molecule has 3 rings (SSSR count). The van der Waals surface area contributed by atoms with Gasteiger partial charge >= 0.3 is 0 Å². The summed E-state index contributed by atoms with van der Waals surface area (Å²) in [5.74, 6) is 0.241. The van der Waals surface area contributed by atoms with Crippen molar-refractivity contribution in [1.82, 2.24) is 9.21 Å². The molecule has 112 valence electrons. The average molecular weight is 326 g/mol. The molecule has 5 nitrogen and oxygen atoms in total. The van der Waals surface area contributed by atoms with E-state index in [4.69, 9.17) is 16.9 Å². The van der Waals surface area contributed by atoms with Gasteiger partial charge in [0.2, 0.25) is 10.0 Å². The minimum Gasteiger partial charge on any atom is -0.309 e. The standard InChI is InChI=1S/C14H16ClN3O2S/c15-13-3-1-11(2-4-13)12-7-18(8-12)21(19,20)14-5-6-17(9-14)10-16/h1-4,12,14H,5-9H2/t14-/m1/s1. The minimum atomic E-state index is -3.28. The second-order valence-corrected chi connectivity index (χ2v) is 8.22. The molecule has 2 aliphatic heterocycles. The smallest absolute Gasteiger partial charge is 0.218 e. The topological polar surface area (TPSA) is 64.4 Å². The minimum absolute atomic E-state index is 0.241. The number of nitrogens with zero attached hydrogens (tertiary/aromatic N) is 3. The zero-order valence-corrected chi connectivity index (χ0v) is 13.0. The Morgan fingerprint density at radius 3 is 2.43 bits per heavy atom. The van der Waals surface area contributed by atoms with Crippen molar-refractivity contribution in [3.63, 3.8) is 0 Å². The summed E-state index contributed by atoms with van der Waals surface area (Å²) in [6, 6.07) is 7.56. The van der Waals surface area contributed by atoms with Crippen molar-refractivity contribution >= 4 is 21.6 Å². The van der Waals surface area contributed by atoms with E-state index in [1.807, 2.05) is 30.5 Å². The molecule has 7 heteroatoms. The van der Waals surface area contributed by atoms with Gasteiger partial charge in [-0.25, -0.2) is 12.7 Å². The SMILES string of the molecule is N#CN1CC[C@@H](S(=O)(=O)N2CC(c3ccc(Cl)cc3)C2)C1. The van der Waals surface area contributed by atoms with Gasteiger partial charge in [-0.05, 0) is 24.1 Å². The van der Waals surface area contributed by atoms with Crippen LogP contribution in [0.5, 0.6) is 0 Å². The van der Waals surface area contributed by atoms with Gasteiger partial charge in [0, 0.05) is 37.1 Å². The quantitative estimate of drug-likeness (QED) is 0.792. The fourth-order valence-electron chi connectivity index (χ4n) is 2.86. The molecular formula is C14H16ClN3O2S. The van der Waals surface area contributed by atoms with Gasteiger partial charge in [-0.2, -0.15) is 5.26 Å². The first kappa shape index (κ1) is 14.6. The summed E-state index contributed by atoms with van der Waals surface area (Å²) >= 11 is 5.86. The highest BCUT2D eigenvalue weighted by Gasteiger charge is 2.43. The van der Waals surface area contributed by atoms with Crippen LogP contribution in [0.15, 0.2) is 24.3 Å². The number of hydrogen-bond acceptors (Lipinski definition) is 4. The predicted molar refractivity (Wildman–Crippen MR) is 80.3 cm³/mol. The molecular weight excluding hydrogens is 310 g/mol. The first-order chi connectivity index (χ1) is 10.0. The lowest BCUT2D eigenvalue weighted by Crippen LogP contribution is -2.52. The molecule has 1 aromatic carbocycles. The second-order valence-electron chi connectivity index (χ2n) is 5.57. The summed E-state index contributed by atoms with van der Waals surface area (Å²) in [6.07, 6.45) is 2.56. The summed E-state index contributed by atoms with van der Waals surface area (Å²) in [4.78, 5) is 1.51. The summed E-state index contributed by atoms with van der Waals surface area (Å²) in [7, 11) is -3.28. The molecule has 0 bridgehead atoms. The molecule has 0 amide bonds. The maximum Gasteiger partial charge on any atom is 0.218 e. The van der Waals surface area contributed by atoms with Crippen LogP contribution in [0.2, 0.25) is 5.02 Å². The van der Waals surface area contributed by atoms with Gasteiger partial charge in [-0.1, -0.05) is 23.7 Å². The van der Waals surface area contributed by atoms with Crippen LogP contribution in [0, 0.1) is 11.5 Å². The zero-order valence-electron chi connectivity index (χ0n) is 11.4. The largest absolute Gasteiger partial charge is 0.309 e. The molecule has 2 heterocycles. The Labute approximate surface area is 129 Å². The van der Waals surface area contributed by atoms with Crippen molar-refractivity contribution in [2.45, 2.75) is 17.6 Å². The van der Waals surface area contributed by atoms with E-state index in [0.29, 0.717) is 37.6 Å². The molecule has 0 N–H and O–H groups in total. The van der Waals surface area contributed by atoms with E-state index < -0.39 is 15.3 Å². The molecule has 0 aromatic heterocycles. The Kier molecular flexibility index (Phi) is 3.82. The Bertz CT molecular complexity index is 662. The van der Waals surface area contributed by atoms with Crippen molar-refractivity contribution in [3.8, 4) is 6.19 Å². The van der Waals surface area contributed by atoms with Crippen LogP contribution in [0.4, 0.5) is 0 Å². The lowest BCUT2D eigenvalue weighted by molar-refractivity contribution is 0.261. The van der Waals surface area contributed by atoms with E-state index >= 15 is 0 Å². The van der Waals surface area contributed by atoms with Gasteiger partial charge in [-0.15, -0.1) is 0 Å². The second kappa shape index (κ2) is 5.48. The Morgan fingerprint density at radius 1 is 1.19 bits per heavy atom. The summed E-state index contributed by atoms with van der Waals surface area (Å²) in [5, 5.41) is 9.07. The van der Waals surface area contributed by atoms with E-state index in [2.05, 4.69) is 0 Å². The number of benzene rings is 1. The fourth-order valence-corrected chi connectivity index (χ4v) is 4.96. The third-order valence-corrected chi connectivity index (χ3v) is 6.75. The van der Waals surface area contributed by atoms with Crippen molar-refractivity contribution in [3.05, 3.63) is 34.9 Å². The summed E-state index contributed by atoms with van der Waals surface area (Å²) < 4.78 is 26.5. The molecule has 1 atom stereocenters. The first-order valence-electron chi connectivity index (χ1n) is 6.90. The van der Waals surface area contributed by atoms with Gasteiger partial charge in [0.15, 0.2) is 6.19 Å². The molecule has 0 aliphatic carbocycles. The third kappa shape index (κ3) is 2.73. The predicted octanol–water partition coefficient (Wildman–Crippen LogP) is 1.62. The van der Waals surface area contributed by atoms with Crippen LogP contribution >= 0.6 is 11.6 Å². The van der Waals surface area contributed by atoms with Gasteiger partial charge in [-0.3, -0.25) is 0 Å². The van der Waals surface area contributed by atoms with Crippen molar-refractivity contribution in [2.24, 2.45) is 0 Å². The number of rotatable bonds is 3.